The van der Waals surface area contributed by atoms with Crippen molar-refractivity contribution in [1.29, 1.82) is 0 Å². The molecule has 2 aromatic rings. The van der Waals surface area contributed by atoms with E-state index in [-0.39, 0.29) is 0 Å². The average molecular weight is 291 g/mol. The van der Waals surface area contributed by atoms with Crippen LogP contribution in [0, 0.1) is 0 Å². The molecular weight excluding hydrogens is 278 g/mol. The van der Waals surface area contributed by atoms with Gasteiger partial charge in [-0.25, -0.2) is 0 Å². The lowest BCUT2D eigenvalue weighted by Crippen LogP contribution is -1.89. The predicted octanol–water partition coefficient (Wildman–Crippen LogP) is 1.31. The molecule has 0 spiro atoms. The van der Waals surface area contributed by atoms with Gasteiger partial charge in [0.05, 0.1) is 0 Å². The van der Waals surface area contributed by atoms with E-state index in [1.54, 1.807) is 6.20 Å². The fourth-order valence-corrected chi connectivity index (χ4v) is 1.06. The van der Waals surface area contributed by atoms with Gasteiger partial charge in [0.2, 0.25) is 0 Å². The number of rotatable bonds is 0. The van der Waals surface area contributed by atoms with E-state index in [9.17, 15) is 5.11 Å². The molecule has 2 rings (SSSR count). The lowest BCUT2D eigenvalue weighted by Gasteiger charge is -1.86. The van der Waals surface area contributed by atoms with Gasteiger partial charge in [-0.2, -0.15) is 8.42 Å². The third-order valence-electron chi connectivity index (χ3n) is 1.57. The van der Waals surface area contributed by atoms with E-state index < -0.39 is 16.4 Å². The minimum atomic E-state index is -4.67. The summed E-state index contributed by atoms with van der Waals surface area (Å²) in [5.41, 5.74) is 0.972. The normalized spacial score (nSPS) is 9.84. The number of carbonyl (C=O) groups is 1. The first kappa shape index (κ1) is 16.9. The lowest BCUT2D eigenvalue weighted by molar-refractivity contribution is -0.134. The van der Waals surface area contributed by atoms with Crippen LogP contribution in [0.4, 0.5) is 0 Å². The first-order valence-electron chi connectivity index (χ1n) is 4.75. The quantitative estimate of drug-likeness (QED) is 0.459. The van der Waals surface area contributed by atoms with Gasteiger partial charge in [-0.3, -0.25) is 13.9 Å². The third kappa shape index (κ3) is 9.59. The highest BCUT2D eigenvalue weighted by Crippen LogP contribution is 2.22. The first-order valence-corrected chi connectivity index (χ1v) is 6.15. The van der Waals surface area contributed by atoms with Crippen LogP contribution in [0.15, 0.2) is 30.5 Å². The maximum absolute atomic E-state index is 9.18. The number of para-hydroxylation sites is 1. The van der Waals surface area contributed by atoms with Crippen LogP contribution in [0.1, 0.15) is 6.92 Å². The number of benzene rings is 1. The van der Waals surface area contributed by atoms with Gasteiger partial charge in [0.25, 0.3) is 5.97 Å². The van der Waals surface area contributed by atoms with Crippen molar-refractivity contribution in [2.45, 2.75) is 6.92 Å². The van der Waals surface area contributed by atoms with Crippen LogP contribution in [0.5, 0.6) is 5.75 Å². The van der Waals surface area contributed by atoms with Crippen LogP contribution >= 0.6 is 0 Å². The number of aromatic hydroxyl groups is 1. The molecule has 0 aliphatic rings. The predicted molar refractivity (Wildman–Crippen MR) is 67.5 cm³/mol. The van der Waals surface area contributed by atoms with E-state index in [2.05, 4.69) is 4.98 Å². The number of aromatic amines is 1. The monoisotopic (exact) mass is 291 g/mol. The Balaban J connectivity index is 0.000000307. The summed E-state index contributed by atoms with van der Waals surface area (Å²) in [7, 11) is -4.67. The molecule has 0 aliphatic heterocycles. The van der Waals surface area contributed by atoms with Gasteiger partial charge >= 0.3 is 10.4 Å². The molecule has 1 heterocycles. The number of fused-ring (bicyclic) bond motifs is 1. The largest absolute Gasteiger partial charge is 0.506 e. The van der Waals surface area contributed by atoms with E-state index >= 15 is 0 Å². The Hall–Kier alpha value is -2.10. The summed E-state index contributed by atoms with van der Waals surface area (Å²) in [5, 5.41) is 17.5. The number of hydrogen-bond acceptors (Lipinski definition) is 4. The minimum Gasteiger partial charge on any atom is -0.506 e. The van der Waals surface area contributed by atoms with Gasteiger partial charge in [0.1, 0.15) is 5.75 Å². The highest BCUT2D eigenvalue weighted by molar-refractivity contribution is 7.79. The zero-order valence-corrected chi connectivity index (χ0v) is 10.6. The number of hydrogen-bond donors (Lipinski definition) is 5. The summed E-state index contributed by atoms with van der Waals surface area (Å²) in [5.74, 6) is -0.518. The summed E-state index contributed by atoms with van der Waals surface area (Å²) in [4.78, 5) is 11.9. The average Bonchev–Trinajstić information content (AvgIpc) is 2.58. The van der Waals surface area contributed by atoms with Crippen LogP contribution in [-0.4, -0.2) is 38.7 Å². The molecule has 0 saturated heterocycles. The molecule has 9 heteroatoms. The number of aromatic nitrogens is 1. The smallest absolute Gasteiger partial charge is 0.394 e. The van der Waals surface area contributed by atoms with Crippen LogP contribution < -0.4 is 0 Å². The zero-order valence-electron chi connectivity index (χ0n) is 9.81. The summed E-state index contributed by atoms with van der Waals surface area (Å²) in [6.45, 7) is 1.08. The number of carboxylic acids is 1. The molecule has 1 aromatic carbocycles. The highest BCUT2D eigenvalue weighted by Gasteiger charge is 1.97. The molecule has 0 bridgehead atoms. The topological polar surface area (TPSA) is 148 Å². The van der Waals surface area contributed by atoms with Crippen LogP contribution in [0.25, 0.3) is 10.9 Å². The molecule has 0 amide bonds. The van der Waals surface area contributed by atoms with Crippen molar-refractivity contribution in [3.63, 3.8) is 0 Å². The SMILES string of the molecule is CC(=O)O.O=S(=O)(O)O.Oc1c[nH]c2ccccc12. The number of carboxylic acid groups (broad SMARTS) is 1. The van der Waals surface area contributed by atoms with Crippen LogP contribution in [0.3, 0.4) is 0 Å². The lowest BCUT2D eigenvalue weighted by atomic mass is 10.2. The molecule has 106 valence electrons. The Bertz CT molecular complexity index is 620. The number of aliphatic carboxylic acids is 1. The molecule has 0 atom stereocenters. The van der Waals surface area contributed by atoms with Crippen molar-refractivity contribution < 1.29 is 32.5 Å². The van der Waals surface area contributed by atoms with Crippen molar-refractivity contribution in [2.24, 2.45) is 0 Å². The molecule has 19 heavy (non-hydrogen) atoms. The number of H-pyrrole nitrogens is 1. The van der Waals surface area contributed by atoms with Crippen molar-refractivity contribution in [3.05, 3.63) is 30.5 Å². The molecule has 0 fully saturated rings. The maximum Gasteiger partial charge on any atom is 0.394 e. The third-order valence-corrected chi connectivity index (χ3v) is 1.57. The van der Waals surface area contributed by atoms with Gasteiger partial charge in [0.15, 0.2) is 0 Å². The Kier molecular flexibility index (Phi) is 6.55. The fraction of sp³-hybridized carbons (Fsp3) is 0.100. The van der Waals surface area contributed by atoms with Crippen LogP contribution in [0.2, 0.25) is 0 Å². The van der Waals surface area contributed by atoms with Crippen molar-refractivity contribution in [2.75, 3.05) is 0 Å². The summed E-state index contributed by atoms with van der Waals surface area (Å²) in [6.07, 6.45) is 1.59. The molecule has 0 radical (unpaired) electrons. The van der Waals surface area contributed by atoms with Gasteiger partial charge < -0.3 is 15.2 Å². The molecule has 5 N–H and O–H groups in total. The van der Waals surface area contributed by atoms with Gasteiger partial charge in [-0.15, -0.1) is 0 Å². The van der Waals surface area contributed by atoms with E-state index in [4.69, 9.17) is 27.4 Å². The second-order valence-corrected chi connectivity index (χ2v) is 4.08. The molecule has 8 nitrogen and oxygen atoms in total. The second kappa shape index (κ2) is 7.36. The van der Waals surface area contributed by atoms with E-state index in [0.29, 0.717) is 5.75 Å². The first-order chi connectivity index (χ1) is 8.61. The van der Waals surface area contributed by atoms with Gasteiger partial charge in [-0.05, 0) is 12.1 Å². The molecule has 0 unspecified atom stereocenters. The summed E-state index contributed by atoms with van der Waals surface area (Å²) < 4.78 is 31.6. The van der Waals surface area contributed by atoms with Crippen molar-refractivity contribution in [3.8, 4) is 5.75 Å². The Morgan fingerprint density at radius 1 is 1.21 bits per heavy atom. The number of nitrogens with one attached hydrogen (secondary N) is 1. The van der Waals surface area contributed by atoms with E-state index in [1.807, 2.05) is 24.3 Å². The molecular formula is C10H13NO7S. The van der Waals surface area contributed by atoms with E-state index in [1.165, 1.54) is 0 Å². The molecule has 0 saturated carbocycles. The van der Waals surface area contributed by atoms with Crippen LogP contribution in [-0.2, 0) is 15.2 Å². The van der Waals surface area contributed by atoms with Crippen molar-refractivity contribution >= 4 is 27.3 Å². The Morgan fingerprint density at radius 2 is 1.63 bits per heavy atom. The fourth-order valence-electron chi connectivity index (χ4n) is 1.06. The van der Waals surface area contributed by atoms with E-state index in [0.717, 1.165) is 17.8 Å². The maximum atomic E-state index is 9.18. The molecule has 0 aliphatic carbocycles. The zero-order chi connectivity index (χ0) is 15.1. The van der Waals surface area contributed by atoms with Gasteiger partial charge in [0, 0.05) is 24.0 Å². The summed E-state index contributed by atoms with van der Waals surface area (Å²) in [6, 6.07) is 7.63. The summed E-state index contributed by atoms with van der Waals surface area (Å²) >= 11 is 0. The Morgan fingerprint density at radius 3 is 2.05 bits per heavy atom. The van der Waals surface area contributed by atoms with Gasteiger partial charge in [-0.1, -0.05) is 12.1 Å². The highest BCUT2D eigenvalue weighted by atomic mass is 32.3. The van der Waals surface area contributed by atoms with Crippen molar-refractivity contribution in [1.82, 2.24) is 4.98 Å². The Labute approximate surface area is 108 Å². The second-order valence-electron chi connectivity index (χ2n) is 3.19. The standard InChI is InChI=1S/C8H7NO.C2H4O2.H2O4S/c10-8-5-9-7-4-2-1-3-6(7)8;1-2(3)4;1-5(2,3)4/h1-5,9-10H;1H3,(H,3,4);(H2,1,2,3,4). The molecule has 1 aromatic heterocycles. The minimum absolute atomic E-state index is 0.315.